The first-order valence-electron chi connectivity index (χ1n) is 10.8. The minimum Gasteiger partial charge on any atom is -0.339 e. The summed E-state index contributed by atoms with van der Waals surface area (Å²) in [6.07, 6.45) is 4.11. The average molecular weight is 405 g/mol. The Morgan fingerprint density at radius 3 is 2.60 bits per heavy atom. The second-order valence-corrected chi connectivity index (χ2v) is 8.42. The number of pyridine rings is 1. The van der Waals surface area contributed by atoms with E-state index in [0.29, 0.717) is 5.56 Å². The molecule has 0 saturated carbocycles. The van der Waals surface area contributed by atoms with Crippen LogP contribution in [0.5, 0.6) is 0 Å². The van der Waals surface area contributed by atoms with E-state index < -0.39 is 0 Å². The summed E-state index contributed by atoms with van der Waals surface area (Å²) >= 11 is 0. The van der Waals surface area contributed by atoms with Gasteiger partial charge >= 0.3 is 0 Å². The van der Waals surface area contributed by atoms with E-state index in [-0.39, 0.29) is 11.9 Å². The number of fused-ring (bicyclic) bond motifs is 1. The lowest BCUT2D eigenvalue weighted by atomic mass is 10.1. The van der Waals surface area contributed by atoms with Gasteiger partial charge < -0.3 is 4.90 Å². The molecule has 7 heteroatoms. The summed E-state index contributed by atoms with van der Waals surface area (Å²) in [4.78, 5) is 19.6. The van der Waals surface area contributed by atoms with Gasteiger partial charge in [-0.05, 0) is 37.6 Å². The highest BCUT2D eigenvalue weighted by Gasteiger charge is 2.30. The Morgan fingerprint density at radius 1 is 1.00 bits per heavy atom. The van der Waals surface area contributed by atoms with Crippen molar-refractivity contribution in [2.75, 3.05) is 39.8 Å². The number of hydrogen-bond acceptors (Lipinski definition) is 5. The second-order valence-electron chi connectivity index (χ2n) is 8.42. The molecule has 3 aromatic rings. The highest BCUT2D eigenvalue weighted by Crippen LogP contribution is 2.25. The summed E-state index contributed by atoms with van der Waals surface area (Å²) < 4.78 is 2.01. The number of likely N-dealkylation sites (tertiary alicyclic amines) is 1. The number of amides is 1. The number of aromatic nitrogens is 3. The molecule has 7 nitrogen and oxygen atoms in total. The van der Waals surface area contributed by atoms with E-state index in [2.05, 4.69) is 57.4 Å². The van der Waals surface area contributed by atoms with Crippen molar-refractivity contribution in [1.82, 2.24) is 29.3 Å². The summed E-state index contributed by atoms with van der Waals surface area (Å²) in [5, 5.41) is 8.91. The van der Waals surface area contributed by atoms with Crippen LogP contribution in [0.15, 0.2) is 48.7 Å². The third-order valence-electron chi connectivity index (χ3n) is 6.35. The average Bonchev–Trinajstić information content (AvgIpc) is 3.45. The predicted molar refractivity (Wildman–Crippen MR) is 115 cm³/mol. The van der Waals surface area contributed by atoms with Crippen molar-refractivity contribution in [3.8, 4) is 0 Å². The van der Waals surface area contributed by atoms with E-state index in [4.69, 9.17) is 0 Å². The van der Waals surface area contributed by atoms with Crippen molar-refractivity contribution in [2.45, 2.75) is 25.4 Å². The number of carbonyl (C=O) groups is 1. The van der Waals surface area contributed by atoms with Gasteiger partial charge in [-0.3, -0.25) is 19.0 Å². The van der Waals surface area contributed by atoms with Gasteiger partial charge in [-0.15, -0.1) is 10.2 Å². The van der Waals surface area contributed by atoms with Gasteiger partial charge in [0.2, 0.25) is 0 Å². The molecule has 0 bridgehead atoms. The van der Waals surface area contributed by atoms with Gasteiger partial charge in [0.1, 0.15) is 0 Å². The number of rotatable bonds is 4. The number of benzene rings is 1. The van der Waals surface area contributed by atoms with Crippen LogP contribution in [-0.2, 0) is 6.54 Å². The topological polar surface area (TPSA) is 57.0 Å². The predicted octanol–water partition coefficient (Wildman–Crippen LogP) is 2.45. The maximum Gasteiger partial charge on any atom is 0.255 e. The van der Waals surface area contributed by atoms with Gasteiger partial charge in [-0.1, -0.05) is 30.3 Å². The van der Waals surface area contributed by atoms with Gasteiger partial charge in [0.25, 0.3) is 5.91 Å². The summed E-state index contributed by atoms with van der Waals surface area (Å²) in [6, 6.07) is 14.5. The lowest BCUT2D eigenvalue weighted by Gasteiger charge is -2.38. The Labute approximate surface area is 176 Å². The first-order chi connectivity index (χ1) is 14.7. The fraction of sp³-hybridized carbons (Fsp3) is 0.435. The molecule has 1 aromatic carbocycles. The molecule has 30 heavy (non-hydrogen) atoms. The number of likely N-dealkylation sites (N-methyl/N-ethyl adjacent to an activating group) is 1. The molecule has 2 fully saturated rings. The van der Waals surface area contributed by atoms with E-state index in [1.807, 2.05) is 27.6 Å². The summed E-state index contributed by atoms with van der Waals surface area (Å²) in [7, 11) is 2.14. The van der Waals surface area contributed by atoms with Crippen LogP contribution in [-0.4, -0.2) is 75.0 Å². The molecule has 2 aliphatic heterocycles. The molecule has 5 rings (SSSR count). The molecule has 2 aliphatic rings. The number of piperazine rings is 1. The van der Waals surface area contributed by atoms with Crippen LogP contribution in [0.1, 0.15) is 40.6 Å². The van der Waals surface area contributed by atoms with Crippen LogP contribution in [0.4, 0.5) is 0 Å². The molecule has 0 N–H and O–H groups in total. The maximum atomic E-state index is 12.9. The molecule has 1 unspecified atom stereocenters. The minimum absolute atomic E-state index is 0.108. The van der Waals surface area contributed by atoms with Crippen molar-refractivity contribution in [3.63, 3.8) is 0 Å². The molecule has 1 atom stereocenters. The van der Waals surface area contributed by atoms with Gasteiger partial charge in [0.15, 0.2) is 11.5 Å². The Morgan fingerprint density at radius 2 is 1.80 bits per heavy atom. The Balaban J connectivity index is 1.41. The molecule has 0 spiro atoms. The van der Waals surface area contributed by atoms with Crippen LogP contribution in [0.25, 0.3) is 5.65 Å². The maximum absolute atomic E-state index is 12.9. The lowest BCUT2D eigenvalue weighted by Crippen LogP contribution is -2.46. The molecular weight excluding hydrogens is 376 g/mol. The Bertz CT molecular complexity index is 1030. The third kappa shape index (κ3) is 3.70. The van der Waals surface area contributed by atoms with Crippen molar-refractivity contribution in [2.24, 2.45) is 0 Å². The monoisotopic (exact) mass is 404 g/mol. The standard InChI is InChI=1S/C23H28N6O/c1-26-13-14-27(15-18-7-3-2-4-8-18)17-20(26)22-25-24-21-10-9-19(16-29(21)22)23(30)28-11-5-6-12-28/h2-4,7-10,16,20H,5-6,11-15,17H2,1H3. The highest BCUT2D eigenvalue weighted by atomic mass is 16.2. The zero-order chi connectivity index (χ0) is 20.5. The fourth-order valence-corrected chi connectivity index (χ4v) is 4.56. The molecule has 2 saturated heterocycles. The molecule has 4 heterocycles. The molecule has 0 aliphatic carbocycles. The summed E-state index contributed by atoms with van der Waals surface area (Å²) in [5.74, 6) is 1.01. The third-order valence-corrected chi connectivity index (χ3v) is 6.35. The van der Waals surface area contributed by atoms with Crippen LogP contribution in [0.2, 0.25) is 0 Å². The molecular formula is C23H28N6O. The van der Waals surface area contributed by atoms with Crippen molar-refractivity contribution in [3.05, 3.63) is 65.6 Å². The van der Waals surface area contributed by atoms with Crippen LogP contribution >= 0.6 is 0 Å². The van der Waals surface area contributed by atoms with E-state index in [0.717, 1.165) is 63.6 Å². The zero-order valence-corrected chi connectivity index (χ0v) is 17.4. The first kappa shape index (κ1) is 19.2. The Hall–Kier alpha value is -2.77. The minimum atomic E-state index is 0.108. The number of nitrogens with zero attached hydrogens (tertiary/aromatic N) is 6. The summed E-state index contributed by atoms with van der Waals surface area (Å²) in [6.45, 7) is 5.52. The smallest absolute Gasteiger partial charge is 0.255 e. The van der Waals surface area contributed by atoms with E-state index in [9.17, 15) is 4.79 Å². The molecule has 2 aromatic heterocycles. The second kappa shape index (κ2) is 8.16. The largest absolute Gasteiger partial charge is 0.339 e. The van der Waals surface area contributed by atoms with Crippen molar-refractivity contribution < 1.29 is 4.79 Å². The molecule has 156 valence electrons. The molecule has 0 radical (unpaired) electrons. The normalized spacial score (nSPS) is 20.8. The zero-order valence-electron chi connectivity index (χ0n) is 17.4. The highest BCUT2D eigenvalue weighted by molar-refractivity contribution is 5.94. The van der Waals surface area contributed by atoms with Crippen molar-refractivity contribution >= 4 is 11.6 Å². The van der Waals surface area contributed by atoms with Crippen LogP contribution in [0, 0.1) is 0 Å². The fourth-order valence-electron chi connectivity index (χ4n) is 4.56. The van der Waals surface area contributed by atoms with E-state index in [1.165, 1.54) is 5.56 Å². The van der Waals surface area contributed by atoms with Crippen LogP contribution in [0.3, 0.4) is 0 Å². The summed E-state index contributed by atoms with van der Waals surface area (Å²) in [5.41, 5.74) is 2.83. The van der Waals surface area contributed by atoms with Gasteiger partial charge in [0.05, 0.1) is 11.6 Å². The first-order valence-corrected chi connectivity index (χ1v) is 10.8. The molecule has 1 amide bonds. The van der Waals surface area contributed by atoms with E-state index in [1.54, 1.807) is 0 Å². The van der Waals surface area contributed by atoms with Gasteiger partial charge in [0, 0.05) is 45.5 Å². The number of hydrogen-bond donors (Lipinski definition) is 0. The number of carbonyl (C=O) groups excluding carboxylic acids is 1. The Kier molecular flexibility index (Phi) is 5.23. The van der Waals surface area contributed by atoms with Crippen molar-refractivity contribution in [1.29, 1.82) is 0 Å². The van der Waals surface area contributed by atoms with E-state index >= 15 is 0 Å². The van der Waals surface area contributed by atoms with Gasteiger partial charge in [-0.25, -0.2) is 0 Å². The lowest BCUT2D eigenvalue weighted by molar-refractivity contribution is 0.0791. The van der Waals surface area contributed by atoms with Crippen LogP contribution < -0.4 is 0 Å². The van der Waals surface area contributed by atoms with Gasteiger partial charge in [-0.2, -0.15) is 0 Å². The SMILES string of the molecule is CN1CCN(Cc2ccccc2)CC1c1nnc2ccc(C(=O)N3CCCC3)cn12. The quantitative estimate of drug-likeness (QED) is 0.669.